The van der Waals surface area contributed by atoms with Crippen LogP contribution in [0.4, 0.5) is 4.39 Å². The standard InChI is InChI=1S/C37H32Cl2FN9O/c1-18-25-13-30(29-12-23(49-44-16-22(14-42)46-49)17-47(29)37(50)19-7-8-19)48(35-21-11-28(35)43-15-21)36(25)26-10-20(4-3-9-41)31(33(40)34(26)45-18)24-5-2-6-27(38)32(24)39/h2,5-6,10,13,16,19,21,23,28-29,35,43H,3-4,7-8,11-12,15,17H2,1H3. The summed E-state index contributed by atoms with van der Waals surface area (Å²) in [5, 5.41) is 33.6. The van der Waals surface area contributed by atoms with Crippen molar-refractivity contribution < 1.29 is 9.18 Å². The second-order valence-corrected chi connectivity index (χ2v) is 14.9. The van der Waals surface area contributed by atoms with Gasteiger partial charge in [-0.25, -0.2) is 9.37 Å². The third kappa shape index (κ3) is 4.75. The summed E-state index contributed by atoms with van der Waals surface area (Å²) in [5.74, 6) is 0.0251. The van der Waals surface area contributed by atoms with Crippen molar-refractivity contribution in [3.8, 4) is 23.3 Å². The van der Waals surface area contributed by atoms with Gasteiger partial charge in [0.05, 0.1) is 46.0 Å². The zero-order chi connectivity index (χ0) is 34.4. The number of carbonyl (C=O) groups excluding carboxylic acids is 1. The van der Waals surface area contributed by atoms with Gasteiger partial charge in [-0.05, 0) is 68.7 Å². The molecular formula is C37H32Cl2FN9O. The Bertz CT molecular complexity index is 2320. The lowest BCUT2D eigenvalue weighted by molar-refractivity contribution is -0.133. The SMILES string of the molecule is Cc1nc2c(F)c(-c3cccc(Cl)c3Cl)c(CCC#N)cc2c2c1cc(C1CC(n3ncc(C#N)n3)CN1C(=O)C1CC1)n2C1C2CNC1C2. The van der Waals surface area contributed by atoms with Crippen molar-refractivity contribution in [1.29, 1.82) is 10.5 Å². The molecule has 5 aromatic rings. The van der Waals surface area contributed by atoms with Gasteiger partial charge in [0.25, 0.3) is 0 Å². The van der Waals surface area contributed by atoms with E-state index in [9.17, 15) is 15.3 Å². The van der Waals surface area contributed by atoms with E-state index in [4.69, 9.17) is 28.2 Å². The van der Waals surface area contributed by atoms with Crippen molar-refractivity contribution in [3.05, 3.63) is 75.0 Å². The predicted molar refractivity (Wildman–Crippen MR) is 186 cm³/mol. The van der Waals surface area contributed by atoms with Gasteiger partial charge >= 0.3 is 0 Å². The zero-order valence-electron chi connectivity index (χ0n) is 27.2. The van der Waals surface area contributed by atoms with Crippen molar-refractivity contribution in [3.63, 3.8) is 0 Å². The molecule has 5 fully saturated rings. The molecule has 5 atom stereocenters. The van der Waals surface area contributed by atoms with Crippen LogP contribution in [0.5, 0.6) is 0 Å². The third-order valence-corrected chi connectivity index (χ3v) is 12.0. The predicted octanol–water partition coefficient (Wildman–Crippen LogP) is 6.99. The van der Waals surface area contributed by atoms with Crippen molar-refractivity contribution in [1.82, 2.24) is 34.8 Å². The molecule has 1 N–H and O–H groups in total. The van der Waals surface area contributed by atoms with Crippen LogP contribution in [0.25, 0.3) is 32.9 Å². The largest absolute Gasteiger partial charge is 0.337 e. The number of benzene rings is 2. The number of pyridine rings is 1. The molecule has 5 aliphatic rings. The maximum absolute atomic E-state index is 17.1. The molecule has 3 saturated heterocycles. The number of fused-ring (bicyclic) bond motifs is 4. The summed E-state index contributed by atoms with van der Waals surface area (Å²) in [7, 11) is 0. The molecule has 2 aromatic carbocycles. The molecule has 50 heavy (non-hydrogen) atoms. The number of likely N-dealkylation sites (tertiary alicyclic amines) is 1. The first kappa shape index (κ1) is 31.4. The van der Waals surface area contributed by atoms with Gasteiger partial charge in [-0.3, -0.25) is 4.79 Å². The summed E-state index contributed by atoms with van der Waals surface area (Å²) in [5.41, 5.74) is 4.44. The van der Waals surface area contributed by atoms with E-state index in [0.717, 1.165) is 42.4 Å². The molecule has 0 radical (unpaired) electrons. The maximum atomic E-state index is 17.1. The molecule has 13 heteroatoms. The number of nitriles is 2. The summed E-state index contributed by atoms with van der Waals surface area (Å²) >= 11 is 13.1. The number of amides is 1. The Balaban J connectivity index is 1.29. The minimum absolute atomic E-state index is 0.00800. The molecule has 2 bridgehead atoms. The summed E-state index contributed by atoms with van der Waals surface area (Å²) in [6.07, 6.45) is 5.35. The van der Waals surface area contributed by atoms with E-state index in [1.54, 1.807) is 23.0 Å². The lowest BCUT2D eigenvalue weighted by Crippen LogP contribution is -2.41. The van der Waals surface area contributed by atoms with Gasteiger partial charge in [-0.1, -0.05) is 35.3 Å². The highest BCUT2D eigenvalue weighted by Crippen LogP contribution is 2.52. The monoisotopic (exact) mass is 707 g/mol. The molecular weight excluding hydrogens is 676 g/mol. The first-order valence-corrected chi connectivity index (χ1v) is 17.9. The van der Waals surface area contributed by atoms with E-state index in [2.05, 4.69) is 38.3 Å². The molecule has 2 aliphatic carbocycles. The first-order valence-electron chi connectivity index (χ1n) is 17.1. The van der Waals surface area contributed by atoms with Gasteiger partial charge < -0.3 is 14.8 Å². The van der Waals surface area contributed by atoms with E-state index in [-0.39, 0.29) is 58.6 Å². The van der Waals surface area contributed by atoms with Crippen LogP contribution in [-0.2, 0) is 11.2 Å². The molecule has 252 valence electrons. The fourth-order valence-corrected chi connectivity index (χ4v) is 9.07. The minimum Gasteiger partial charge on any atom is -0.337 e. The Morgan fingerprint density at radius 2 is 2.00 bits per heavy atom. The Labute approximate surface area is 297 Å². The zero-order valence-corrected chi connectivity index (χ0v) is 28.7. The van der Waals surface area contributed by atoms with E-state index in [1.807, 2.05) is 17.9 Å². The van der Waals surface area contributed by atoms with E-state index < -0.39 is 5.82 Å². The van der Waals surface area contributed by atoms with E-state index >= 15 is 4.39 Å². The van der Waals surface area contributed by atoms with E-state index in [1.165, 1.54) is 6.20 Å². The number of nitrogens with one attached hydrogen (secondary N) is 1. The van der Waals surface area contributed by atoms with Crippen LogP contribution in [-0.4, -0.2) is 54.5 Å². The average Bonchev–Trinajstić information content (AvgIpc) is 3.60. The number of rotatable bonds is 7. The number of carbonyl (C=O) groups is 1. The number of hydrogen-bond acceptors (Lipinski definition) is 7. The van der Waals surface area contributed by atoms with E-state index in [0.29, 0.717) is 58.1 Å². The lowest BCUT2D eigenvalue weighted by atomic mass is 9.79. The van der Waals surface area contributed by atoms with Crippen molar-refractivity contribution in [2.24, 2.45) is 11.8 Å². The molecule has 0 spiro atoms. The summed E-state index contributed by atoms with van der Waals surface area (Å²) in [4.78, 5) is 22.4. The smallest absolute Gasteiger partial charge is 0.226 e. The third-order valence-electron chi connectivity index (χ3n) is 11.2. The molecule has 3 aromatic heterocycles. The molecule has 3 aliphatic heterocycles. The van der Waals surface area contributed by atoms with Crippen LogP contribution in [0.2, 0.25) is 10.0 Å². The molecule has 6 heterocycles. The van der Waals surface area contributed by atoms with Crippen LogP contribution < -0.4 is 5.32 Å². The normalized spacial score (nSPS) is 24.1. The van der Waals surface area contributed by atoms with Crippen molar-refractivity contribution in [2.75, 3.05) is 13.1 Å². The molecule has 10 rings (SSSR count). The maximum Gasteiger partial charge on any atom is 0.226 e. The Kier molecular flexibility index (Phi) is 7.40. The van der Waals surface area contributed by atoms with Crippen LogP contribution >= 0.6 is 23.2 Å². The van der Waals surface area contributed by atoms with Gasteiger partial charge in [0.1, 0.15) is 11.6 Å². The summed E-state index contributed by atoms with van der Waals surface area (Å²) < 4.78 is 19.5. The lowest BCUT2D eigenvalue weighted by Gasteiger charge is -2.39. The van der Waals surface area contributed by atoms with Crippen LogP contribution in [0.1, 0.15) is 72.9 Å². The highest BCUT2D eigenvalue weighted by molar-refractivity contribution is 6.43. The second-order valence-electron chi connectivity index (χ2n) is 14.1. The number of nitrogens with zero attached hydrogens (tertiary/aromatic N) is 8. The van der Waals surface area contributed by atoms with Gasteiger partial charge in [-0.2, -0.15) is 20.4 Å². The minimum atomic E-state index is -0.502. The molecule has 5 unspecified atom stereocenters. The second kappa shape index (κ2) is 11.8. The Morgan fingerprint density at radius 3 is 2.70 bits per heavy atom. The van der Waals surface area contributed by atoms with Crippen LogP contribution in [0.15, 0.2) is 36.5 Å². The molecule has 1 amide bonds. The quantitative estimate of drug-likeness (QED) is 0.193. The number of aromatic nitrogens is 5. The number of aryl methyl sites for hydroxylation is 2. The van der Waals surface area contributed by atoms with Gasteiger partial charge in [0, 0.05) is 64.8 Å². The fraction of sp³-hybridized carbons (Fsp3) is 0.405. The van der Waals surface area contributed by atoms with Crippen LogP contribution in [0, 0.1) is 47.2 Å². The number of halogens is 3. The topological polar surface area (TPSA) is 128 Å². The van der Waals surface area contributed by atoms with Crippen molar-refractivity contribution in [2.45, 2.75) is 69.6 Å². The number of hydrogen-bond donors (Lipinski definition) is 1. The highest BCUT2D eigenvalue weighted by Gasteiger charge is 2.51. The molecule has 10 nitrogen and oxygen atoms in total. The van der Waals surface area contributed by atoms with Gasteiger partial charge in [0.2, 0.25) is 5.91 Å². The highest BCUT2D eigenvalue weighted by atomic mass is 35.5. The Morgan fingerprint density at radius 1 is 1.16 bits per heavy atom. The Hall–Kier alpha value is -4.55. The fourth-order valence-electron chi connectivity index (χ4n) is 8.67. The molecule has 2 saturated carbocycles. The first-order chi connectivity index (χ1) is 24.3. The van der Waals surface area contributed by atoms with Gasteiger partial charge in [0.15, 0.2) is 11.5 Å². The van der Waals surface area contributed by atoms with Crippen LogP contribution in [0.3, 0.4) is 0 Å². The average molecular weight is 709 g/mol. The summed E-state index contributed by atoms with van der Waals surface area (Å²) in [6.45, 7) is 3.23. The van der Waals surface area contributed by atoms with Crippen molar-refractivity contribution >= 4 is 50.9 Å². The summed E-state index contributed by atoms with van der Waals surface area (Å²) in [6, 6.07) is 13.4. The van der Waals surface area contributed by atoms with Gasteiger partial charge in [-0.15, -0.1) is 5.10 Å².